The molecule has 2 aliphatic heterocycles. The Hall–Kier alpha value is -2.56. The highest BCUT2D eigenvalue weighted by atomic mass is 16.2. The van der Waals surface area contributed by atoms with Crippen LogP contribution in [0.3, 0.4) is 0 Å². The summed E-state index contributed by atoms with van der Waals surface area (Å²) in [5.41, 5.74) is 0.774. The second kappa shape index (κ2) is 7.93. The van der Waals surface area contributed by atoms with Crippen molar-refractivity contribution in [1.29, 1.82) is 5.26 Å². The van der Waals surface area contributed by atoms with E-state index in [0.717, 1.165) is 5.70 Å². The molecule has 0 radical (unpaired) electrons. The number of hydrogen-bond donors (Lipinski definition) is 2. The number of allylic oxidation sites excluding steroid dienone is 1. The Morgan fingerprint density at radius 1 is 1.47 bits per heavy atom. The highest BCUT2D eigenvalue weighted by Gasteiger charge is 2.69. The molecule has 0 bridgehead atoms. The molecule has 3 fully saturated rings. The van der Waals surface area contributed by atoms with Gasteiger partial charge in [-0.3, -0.25) is 14.4 Å². The number of hydrogen-bond acceptors (Lipinski definition) is 5. The highest BCUT2D eigenvalue weighted by Crippen LogP contribution is 2.64. The van der Waals surface area contributed by atoms with Crippen LogP contribution in [-0.4, -0.2) is 65.8 Å². The molecular formula is C22H33N5O3. The zero-order valence-electron chi connectivity index (χ0n) is 18.6. The second-order valence-electron chi connectivity index (χ2n) is 9.61. The Balaban J connectivity index is 1.73. The minimum absolute atomic E-state index is 0.00421. The number of likely N-dealkylation sites (tertiary alicyclic amines) is 1. The van der Waals surface area contributed by atoms with E-state index in [2.05, 4.69) is 37.1 Å². The Kier molecular flexibility index (Phi) is 5.85. The number of rotatable bonds is 7. The van der Waals surface area contributed by atoms with E-state index < -0.39 is 18.1 Å². The van der Waals surface area contributed by atoms with Gasteiger partial charge in [-0.1, -0.05) is 20.4 Å². The van der Waals surface area contributed by atoms with Gasteiger partial charge in [-0.2, -0.15) is 5.26 Å². The van der Waals surface area contributed by atoms with Gasteiger partial charge in [0.25, 0.3) is 0 Å². The molecule has 1 unspecified atom stereocenters. The first-order chi connectivity index (χ1) is 14.0. The number of amides is 3. The van der Waals surface area contributed by atoms with E-state index in [1.165, 1.54) is 0 Å². The summed E-state index contributed by atoms with van der Waals surface area (Å²) in [6.45, 7) is 13.0. The van der Waals surface area contributed by atoms with Crippen molar-refractivity contribution in [3.63, 3.8) is 0 Å². The molecule has 1 saturated carbocycles. The summed E-state index contributed by atoms with van der Waals surface area (Å²) in [7, 11) is 1.82. The number of likely N-dealkylation sites (N-methyl/N-ethyl adjacent to an activating group) is 1. The smallest absolute Gasteiger partial charge is 0.245 e. The summed E-state index contributed by atoms with van der Waals surface area (Å²) in [6, 6.07) is 0.353. The molecular weight excluding hydrogens is 382 g/mol. The third-order valence-corrected chi connectivity index (χ3v) is 7.46. The van der Waals surface area contributed by atoms with Crippen molar-refractivity contribution < 1.29 is 14.4 Å². The van der Waals surface area contributed by atoms with E-state index in [9.17, 15) is 19.6 Å². The molecule has 164 valence electrons. The van der Waals surface area contributed by atoms with Crippen molar-refractivity contribution in [2.45, 2.75) is 58.7 Å². The number of carbonyl (C=O) groups is 3. The molecule has 0 aromatic rings. The zero-order valence-corrected chi connectivity index (χ0v) is 18.6. The molecule has 30 heavy (non-hydrogen) atoms. The number of nitrogens with zero attached hydrogens (tertiary/aromatic N) is 3. The Bertz CT molecular complexity index is 801. The van der Waals surface area contributed by atoms with Gasteiger partial charge in [0, 0.05) is 31.8 Å². The molecule has 6 atom stereocenters. The first-order valence-corrected chi connectivity index (χ1v) is 10.7. The Morgan fingerprint density at radius 3 is 2.67 bits per heavy atom. The van der Waals surface area contributed by atoms with Crippen LogP contribution in [0.2, 0.25) is 0 Å². The molecule has 2 heterocycles. The van der Waals surface area contributed by atoms with Gasteiger partial charge in [-0.25, -0.2) is 0 Å². The fourth-order valence-electron chi connectivity index (χ4n) is 5.10. The van der Waals surface area contributed by atoms with E-state index in [1.807, 2.05) is 25.8 Å². The monoisotopic (exact) mass is 415 g/mol. The van der Waals surface area contributed by atoms with Crippen molar-refractivity contribution in [3.05, 3.63) is 12.3 Å². The van der Waals surface area contributed by atoms with Crippen LogP contribution in [0.1, 0.15) is 40.5 Å². The van der Waals surface area contributed by atoms with E-state index in [1.54, 1.807) is 4.90 Å². The first-order valence-electron chi connectivity index (χ1n) is 10.7. The molecule has 3 amide bonds. The number of carbonyl (C=O) groups excluding carboxylic acids is 3. The van der Waals surface area contributed by atoms with Crippen molar-refractivity contribution >= 4 is 17.7 Å². The van der Waals surface area contributed by atoms with Crippen LogP contribution in [0.4, 0.5) is 0 Å². The first kappa shape index (κ1) is 22.1. The minimum Gasteiger partial charge on any atom is -0.367 e. The largest absolute Gasteiger partial charge is 0.367 e. The Morgan fingerprint density at radius 2 is 2.13 bits per heavy atom. The van der Waals surface area contributed by atoms with Gasteiger partial charge in [-0.05, 0) is 43.9 Å². The molecule has 3 aliphatic rings. The number of fused-ring (bicyclic) bond motifs is 1. The maximum Gasteiger partial charge on any atom is 0.245 e. The molecule has 8 heteroatoms. The van der Waals surface area contributed by atoms with Gasteiger partial charge in [0.15, 0.2) is 0 Å². The SMILES string of the molecule is C=C(C)N(C)C(C)C(=O)N1C[C@H]2[C@@H]([C@H]1C(=O)N[C@H](C#N)C[C@@H]1CCNC1=O)C2(C)C. The highest BCUT2D eigenvalue weighted by molar-refractivity contribution is 5.92. The summed E-state index contributed by atoms with van der Waals surface area (Å²) in [4.78, 5) is 41.8. The molecule has 0 aromatic carbocycles. The van der Waals surface area contributed by atoms with Crippen LogP contribution < -0.4 is 10.6 Å². The third kappa shape index (κ3) is 3.78. The van der Waals surface area contributed by atoms with Crippen LogP contribution in [0, 0.1) is 34.5 Å². The molecule has 1 aliphatic carbocycles. The fraction of sp³-hybridized carbons (Fsp3) is 0.727. The average molecular weight is 416 g/mol. The summed E-state index contributed by atoms with van der Waals surface area (Å²) < 4.78 is 0. The maximum atomic E-state index is 13.2. The molecule has 8 nitrogen and oxygen atoms in total. The van der Waals surface area contributed by atoms with E-state index in [4.69, 9.17) is 0 Å². The van der Waals surface area contributed by atoms with Crippen LogP contribution >= 0.6 is 0 Å². The normalized spacial score (nSPS) is 30.5. The average Bonchev–Trinajstić information content (AvgIpc) is 3.06. The lowest BCUT2D eigenvalue weighted by atomic mass is 9.97. The van der Waals surface area contributed by atoms with E-state index in [0.29, 0.717) is 25.9 Å². The zero-order chi connectivity index (χ0) is 22.4. The summed E-state index contributed by atoms with van der Waals surface area (Å²) in [6.07, 6.45) is 0.963. The summed E-state index contributed by atoms with van der Waals surface area (Å²) in [5.74, 6) is -0.365. The molecule has 0 spiro atoms. The molecule has 3 rings (SSSR count). The lowest BCUT2D eigenvalue weighted by Crippen LogP contribution is -2.55. The topological polar surface area (TPSA) is 106 Å². The Labute approximate surface area is 178 Å². The van der Waals surface area contributed by atoms with E-state index >= 15 is 0 Å². The van der Waals surface area contributed by atoms with Crippen LogP contribution in [0.5, 0.6) is 0 Å². The van der Waals surface area contributed by atoms with Gasteiger partial charge >= 0.3 is 0 Å². The van der Waals surface area contributed by atoms with Gasteiger partial charge in [0.2, 0.25) is 17.7 Å². The number of nitriles is 1. The quantitative estimate of drug-likeness (QED) is 0.642. The molecule has 2 saturated heterocycles. The van der Waals surface area contributed by atoms with Crippen LogP contribution in [-0.2, 0) is 14.4 Å². The van der Waals surface area contributed by atoms with Crippen molar-refractivity contribution in [2.24, 2.45) is 23.2 Å². The van der Waals surface area contributed by atoms with Crippen LogP contribution in [0.25, 0.3) is 0 Å². The standard InChI is InChI=1S/C22H33N5O3/c1-12(2)26(6)13(3)21(30)27-11-16-17(22(16,4)5)18(27)20(29)25-15(10-23)9-14-7-8-24-19(14)28/h13-18H,1,7-9,11H2,2-6H3,(H,24,28)(H,25,29)/t13?,14-,15-,16-,17-,18-/m0/s1. The van der Waals surface area contributed by atoms with Crippen molar-refractivity contribution in [1.82, 2.24) is 20.4 Å². The van der Waals surface area contributed by atoms with Crippen molar-refractivity contribution in [3.8, 4) is 6.07 Å². The predicted molar refractivity (Wildman–Crippen MR) is 112 cm³/mol. The second-order valence-corrected chi connectivity index (χ2v) is 9.61. The van der Waals surface area contributed by atoms with Crippen molar-refractivity contribution in [2.75, 3.05) is 20.1 Å². The number of piperidine rings is 1. The van der Waals surface area contributed by atoms with Crippen LogP contribution in [0.15, 0.2) is 12.3 Å². The van der Waals surface area contributed by atoms with Gasteiger partial charge < -0.3 is 20.4 Å². The minimum atomic E-state index is -0.750. The number of nitrogens with one attached hydrogen (secondary N) is 2. The van der Waals surface area contributed by atoms with Gasteiger partial charge in [0.05, 0.1) is 6.07 Å². The summed E-state index contributed by atoms with van der Waals surface area (Å²) in [5, 5.41) is 15.1. The summed E-state index contributed by atoms with van der Waals surface area (Å²) >= 11 is 0. The predicted octanol–water partition coefficient (Wildman–Crippen LogP) is 0.858. The third-order valence-electron chi connectivity index (χ3n) is 7.46. The van der Waals surface area contributed by atoms with E-state index in [-0.39, 0.29) is 40.9 Å². The lowest BCUT2D eigenvalue weighted by molar-refractivity contribution is -0.143. The molecule has 2 N–H and O–H groups in total. The molecule has 0 aromatic heterocycles. The van der Waals surface area contributed by atoms with Gasteiger partial charge in [-0.15, -0.1) is 0 Å². The fourth-order valence-corrected chi connectivity index (χ4v) is 5.10. The lowest BCUT2D eigenvalue weighted by Gasteiger charge is -2.35. The maximum absolute atomic E-state index is 13.2. The van der Waals surface area contributed by atoms with Gasteiger partial charge in [0.1, 0.15) is 18.1 Å².